The Hall–Kier alpha value is -2.54. The number of carbonyl (C=O) groups excluding carboxylic acids is 1. The Kier molecular flexibility index (Phi) is 5.37. The largest absolute Gasteiger partial charge is 0.495 e. The van der Waals surface area contributed by atoms with Gasteiger partial charge >= 0.3 is 0 Å². The number of methoxy groups -OCH3 is 1. The first-order valence-corrected chi connectivity index (χ1v) is 9.13. The Labute approximate surface area is 148 Å². The Morgan fingerprint density at radius 2 is 1.76 bits per heavy atom. The van der Waals surface area contributed by atoms with Crippen LogP contribution < -0.4 is 14.8 Å². The predicted molar refractivity (Wildman–Crippen MR) is 97.4 cm³/mol. The maximum atomic E-state index is 13.2. The van der Waals surface area contributed by atoms with E-state index in [2.05, 4.69) is 0 Å². The molecular weight excluding hydrogens is 340 g/mol. The Morgan fingerprint density at radius 3 is 2.32 bits per heavy atom. The summed E-state index contributed by atoms with van der Waals surface area (Å²) in [6, 6.07) is 10.0. The van der Waals surface area contributed by atoms with Crippen molar-refractivity contribution in [2.24, 2.45) is 5.73 Å². The molecule has 0 saturated carbocycles. The van der Waals surface area contributed by atoms with Crippen molar-refractivity contribution in [3.8, 4) is 5.75 Å². The number of benzene rings is 2. The standard InChI is InChI=1S/C18H22N2O4S/c1-12-5-8-16(24-4)17(9-12)25(22,23)20(11-18(19)21)15-7-6-13(2)14(3)10-15/h5-10H,11H2,1-4H3,(H2,19,21). The number of nitrogens with zero attached hydrogens (tertiary/aromatic N) is 1. The summed E-state index contributed by atoms with van der Waals surface area (Å²) in [5, 5.41) is 0. The number of hydrogen-bond acceptors (Lipinski definition) is 4. The number of rotatable bonds is 6. The fourth-order valence-electron chi connectivity index (χ4n) is 2.44. The zero-order valence-corrected chi connectivity index (χ0v) is 15.6. The van der Waals surface area contributed by atoms with Crippen molar-refractivity contribution in [2.45, 2.75) is 25.7 Å². The van der Waals surface area contributed by atoms with Crippen molar-refractivity contribution >= 4 is 21.6 Å². The van der Waals surface area contributed by atoms with Gasteiger partial charge in [0.2, 0.25) is 5.91 Å². The van der Waals surface area contributed by atoms with E-state index < -0.39 is 22.5 Å². The third kappa shape index (κ3) is 3.93. The molecular formula is C18H22N2O4S. The lowest BCUT2D eigenvalue weighted by atomic mass is 10.1. The molecule has 7 heteroatoms. The summed E-state index contributed by atoms with van der Waals surface area (Å²) >= 11 is 0. The fraction of sp³-hybridized carbons (Fsp3) is 0.278. The zero-order chi connectivity index (χ0) is 18.8. The maximum absolute atomic E-state index is 13.2. The molecule has 0 bridgehead atoms. The number of sulfonamides is 1. The van der Waals surface area contributed by atoms with E-state index in [0.29, 0.717) is 5.69 Å². The number of ether oxygens (including phenoxy) is 1. The first-order chi connectivity index (χ1) is 11.7. The molecule has 6 nitrogen and oxygen atoms in total. The lowest BCUT2D eigenvalue weighted by Gasteiger charge is -2.25. The third-order valence-corrected chi connectivity index (χ3v) is 5.76. The molecule has 0 fully saturated rings. The van der Waals surface area contributed by atoms with Crippen LogP contribution in [-0.2, 0) is 14.8 Å². The maximum Gasteiger partial charge on any atom is 0.268 e. The van der Waals surface area contributed by atoms with Gasteiger partial charge in [-0.2, -0.15) is 0 Å². The number of aryl methyl sites for hydroxylation is 3. The first-order valence-electron chi connectivity index (χ1n) is 7.69. The van der Waals surface area contributed by atoms with Crippen LogP contribution in [0, 0.1) is 20.8 Å². The lowest BCUT2D eigenvalue weighted by molar-refractivity contribution is -0.116. The van der Waals surface area contributed by atoms with E-state index in [1.807, 2.05) is 19.9 Å². The number of amides is 1. The van der Waals surface area contributed by atoms with Gasteiger partial charge in [0.1, 0.15) is 17.2 Å². The van der Waals surface area contributed by atoms with E-state index in [9.17, 15) is 13.2 Å². The van der Waals surface area contributed by atoms with Crippen LogP contribution in [0.25, 0.3) is 0 Å². The van der Waals surface area contributed by atoms with Gasteiger partial charge < -0.3 is 10.5 Å². The van der Waals surface area contributed by atoms with E-state index in [1.165, 1.54) is 13.2 Å². The summed E-state index contributed by atoms with van der Waals surface area (Å²) < 4.78 is 32.7. The van der Waals surface area contributed by atoms with Gasteiger partial charge in [-0.3, -0.25) is 9.10 Å². The minimum Gasteiger partial charge on any atom is -0.495 e. The molecule has 0 aromatic heterocycles. The van der Waals surface area contributed by atoms with Gasteiger partial charge in [-0.25, -0.2) is 8.42 Å². The van der Waals surface area contributed by atoms with Crippen molar-refractivity contribution in [3.05, 3.63) is 53.1 Å². The monoisotopic (exact) mass is 362 g/mol. The predicted octanol–water partition coefficient (Wildman–Crippen LogP) is 2.30. The van der Waals surface area contributed by atoms with Gasteiger partial charge in [0.25, 0.3) is 10.0 Å². The quantitative estimate of drug-likeness (QED) is 0.854. The minimum atomic E-state index is -4.04. The Morgan fingerprint density at radius 1 is 1.08 bits per heavy atom. The Bertz CT molecular complexity index is 907. The van der Waals surface area contributed by atoms with Crippen LogP contribution in [0.4, 0.5) is 5.69 Å². The highest BCUT2D eigenvalue weighted by atomic mass is 32.2. The Balaban J connectivity index is 2.66. The summed E-state index contributed by atoms with van der Waals surface area (Å²) in [5.74, 6) is -0.530. The molecule has 0 aliphatic heterocycles. The summed E-state index contributed by atoms with van der Waals surface area (Å²) in [6.07, 6.45) is 0. The van der Waals surface area contributed by atoms with Gasteiger partial charge in [0, 0.05) is 0 Å². The third-order valence-electron chi connectivity index (χ3n) is 3.97. The minimum absolute atomic E-state index is 0.00511. The van der Waals surface area contributed by atoms with Gasteiger partial charge in [-0.15, -0.1) is 0 Å². The van der Waals surface area contributed by atoms with Crippen LogP contribution in [0.3, 0.4) is 0 Å². The van der Waals surface area contributed by atoms with E-state index in [0.717, 1.165) is 21.0 Å². The van der Waals surface area contributed by atoms with Crippen LogP contribution in [0.5, 0.6) is 5.75 Å². The van der Waals surface area contributed by atoms with Gasteiger partial charge in [0.05, 0.1) is 12.8 Å². The first kappa shape index (κ1) is 18.8. The van der Waals surface area contributed by atoms with Crippen LogP contribution in [0.15, 0.2) is 41.3 Å². The average molecular weight is 362 g/mol. The second-order valence-electron chi connectivity index (χ2n) is 5.90. The SMILES string of the molecule is COc1ccc(C)cc1S(=O)(=O)N(CC(N)=O)c1ccc(C)c(C)c1. The molecule has 2 aromatic carbocycles. The highest BCUT2D eigenvalue weighted by Gasteiger charge is 2.29. The highest BCUT2D eigenvalue weighted by Crippen LogP contribution is 2.31. The molecule has 0 unspecified atom stereocenters. The second kappa shape index (κ2) is 7.14. The number of nitrogens with two attached hydrogens (primary N) is 1. The van der Waals surface area contributed by atoms with Gasteiger partial charge in [-0.1, -0.05) is 12.1 Å². The molecule has 0 aliphatic rings. The van der Waals surface area contributed by atoms with Crippen LogP contribution in [0.2, 0.25) is 0 Å². The zero-order valence-electron chi connectivity index (χ0n) is 14.7. The molecule has 1 amide bonds. The van der Waals surface area contributed by atoms with E-state index in [1.54, 1.807) is 31.2 Å². The van der Waals surface area contributed by atoms with Crippen molar-refractivity contribution in [3.63, 3.8) is 0 Å². The van der Waals surface area contributed by atoms with Crippen molar-refractivity contribution in [1.82, 2.24) is 0 Å². The van der Waals surface area contributed by atoms with E-state index >= 15 is 0 Å². The molecule has 2 rings (SSSR count). The van der Waals surface area contributed by atoms with Crippen LogP contribution in [0.1, 0.15) is 16.7 Å². The molecule has 0 radical (unpaired) electrons. The summed E-state index contributed by atoms with van der Waals surface area (Å²) in [6.45, 7) is 5.13. The van der Waals surface area contributed by atoms with E-state index in [-0.39, 0.29) is 10.6 Å². The van der Waals surface area contributed by atoms with Crippen molar-refractivity contribution in [1.29, 1.82) is 0 Å². The number of hydrogen-bond donors (Lipinski definition) is 1. The summed E-state index contributed by atoms with van der Waals surface area (Å²) in [4.78, 5) is 11.5. The van der Waals surface area contributed by atoms with Gasteiger partial charge in [-0.05, 0) is 61.7 Å². The average Bonchev–Trinajstić information content (AvgIpc) is 2.55. The molecule has 0 aliphatic carbocycles. The lowest BCUT2D eigenvalue weighted by Crippen LogP contribution is -2.38. The molecule has 0 spiro atoms. The molecule has 2 aromatic rings. The molecule has 25 heavy (non-hydrogen) atoms. The normalized spacial score (nSPS) is 11.2. The number of carbonyl (C=O) groups is 1. The second-order valence-corrected chi connectivity index (χ2v) is 7.73. The van der Waals surface area contributed by atoms with Gasteiger partial charge in [0.15, 0.2) is 0 Å². The molecule has 0 heterocycles. The van der Waals surface area contributed by atoms with Crippen LogP contribution in [-0.4, -0.2) is 28.0 Å². The number of anilines is 1. The fourth-order valence-corrected chi connectivity index (χ4v) is 4.11. The van der Waals surface area contributed by atoms with Crippen LogP contribution >= 0.6 is 0 Å². The van der Waals surface area contributed by atoms with Crippen molar-refractivity contribution < 1.29 is 17.9 Å². The molecule has 0 saturated heterocycles. The summed E-state index contributed by atoms with van der Waals surface area (Å²) in [7, 11) is -2.64. The molecule has 2 N–H and O–H groups in total. The molecule has 0 atom stereocenters. The molecule has 134 valence electrons. The summed E-state index contributed by atoms with van der Waals surface area (Å²) in [5.41, 5.74) is 8.38. The number of primary amides is 1. The van der Waals surface area contributed by atoms with E-state index in [4.69, 9.17) is 10.5 Å². The topological polar surface area (TPSA) is 89.7 Å². The van der Waals surface area contributed by atoms with Crippen molar-refractivity contribution in [2.75, 3.05) is 18.0 Å². The smallest absolute Gasteiger partial charge is 0.268 e. The highest BCUT2D eigenvalue weighted by molar-refractivity contribution is 7.93.